The molecular weight excluding hydrogens is 408 g/mol. The van der Waals surface area contributed by atoms with E-state index in [1.165, 1.54) is 18.3 Å². The van der Waals surface area contributed by atoms with Crippen molar-refractivity contribution >= 4 is 38.0 Å². The number of hydrogen-bond acceptors (Lipinski definition) is 5. The molecule has 0 spiro atoms. The van der Waals surface area contributed by atoms with Gasteiger partial charge in [-0.2, -0.15) is 0 Å². The Hall–Kier alpha value is -2.31. The van der Waals surface area contributed by atoms with Crippen LogP contribution in [0.15, 0.2) is 58.5 Å². The lowest BCUT2D eigenvalue weighted by Crippen LogP contribution is -2.35. The van der Waals surface area contributed by atoms with Crippen molar-refractivity contribution in [2.24, 2.45) is 5.92 Å². The summed E-state index contributed by atoms with van der Waals surface area (Å²) in [6, 6.07) is 11.8. The van der Waals surface area contributed by atoms with Crippen molar-refractivity contribution in [1.82, 2.24) is 4.98 Å². The molecule has 152 valence electrons. The molecule has 0 bridgehead atoms. The van der Waals surface area contributed by atoms with Crippen molar-refractivity contribution < 1.29 is 13.2 Å². The van der Waals surface area contributed by atoms with Crippen LogP contribution in [0.2, 0.25) is 5.02 Å². The number of methoxy groups -OCH3 is 1. The number of sulfone groups is 1. The number of piperidine rings is 1. The van der Waals surface area contributed by atoms with Crippen molar-refractivity contribution in [2.75, 3.05) is 25.1 Å². The topological polar surface area (TPSA) is 59.5 Å². The summed E-state index contributed by atoms with van der Waals surface area (Å²) in [6.45, 7) is 3.81. The number of rotatable bonds is 4. The SMILES string of the molecule is COc1ccc2ncc(S(=O)(=O)c3ccc(Cl)cc3)c(N3CCCC(C)C3)c2c1. The highest BCUT2D eigenvalue weighted by Crippen LogP contribution is 2.39. The molecule has 1 aromatic heterocycles. The first-order chi connectivity index (χ1) is 13.9. The van der Waals surface area contributed by atoms with E-state index in [-0.39, 0.29) is 9.79 Å². The van der Waals surface area contributed by atoms with E-state index in [1.54, 1.807) is 19.2 Å². The predicted molar refractivity (Wildman–Crippen MR) is 116 cm³/mol. The van der Waals surface area contributed by atoms with Gasteiger partial charge in [-0.15, -0.1) is 0 Å². The Morgan fingerprint density at radius 1 is 1.17 bits per heavy atom. The van der Waals surface area contributed by atoms with Crippen LogP contribution in [0, 0.1) is 5.92 Å². The second-order valence-electron chi connectivity index (χ2n) is 7.50. The summed E-state index contributed by atoms with van der Waals surface area (Å²) in [5.41, 5.74) is 1.45. The van der Waals surface area contributed by atoms with Gasteiger partial charge in [0.25, 0.3) is 0 Å². The third kappa shape index (κ3) is 3.79. The molecule has 1 unspecified atom stereocenters. The Morgan fingerprint density at radius 2 is 1.93 bits per heavy atom. The molecule has 4 rings (SSSR count). The first-order valence-electron chi connectivity index (χ1n) is 9.62. The van der Waals surface area contributed by atoms with Crippen LogP contribution in [-0.4, -0.2) is 33.6 Å². The molecule has 0 N–H and O–H groups in total. The van der Waals surface area contributed by atoms with E-state index in [0.29, 0.717) is 22.4 Å². The van der Waals surface area contributed by atoms with Gasteiger partial charge in [0.1, 0.15) is 10.6 Å². The maximum Gasteiger partial charge on any atom is 0.210 e. The quantitative estimate of drug-likeness (QED) is 0.585. The number of hydrogen-bond donors (Lipinski definition) is 0. The van der Waals surface area contributed by atoms with Crippen LogP contribution in [0.4, 0.5) is 5.69 Å². The minimum absolute atomic E-state index is 0.206. The average molecular weight is 431 g/mol. The minimum Gasteiger partial charge on any atom is -0.497 e. The van der Waals surface area contributed by atoms with Crippen LogP contribution in [0.3, 0.4) is 0 Å². The molecule has 2 heterocycles. The monoisotopic (exact) mass is 430 g/mol. The highest BCUT2D eigenvalue weighted by atomic mass is 35.5. The lowest BCUT2D eigenvalue weighted by Gasteiger charge is -2.34. The normalized spacial score (nSPS) is 17.5. The van der Waals surface area contributed by atoms with E-state index in [1.807, 2.05) is 18.2 Å². The molecule has 3 aromatic rings. The molecule has 0 aliphatic carbocycles. The van der Waals surface area contributed by atoms with E-state index in [0.717, 1.165) is 36.8 Å². The van der Waals surface area contributed by atoms with E-state index < -0.39 is 9.84 Å². The third-order valence-corrected chi connectivity index (χ3v) is 7.42. The maximum absolute atomic E-state index is 13.5. The van der Waals surface area contributed by atoms with Crippen LogP contribution in [0.1, 0.15) is 19.8 Å². The number of fused-ring (bicyclic) bond motifs is 1. The molecule has 0 saturated carbocycles. The molecule has 0 amide bonds. The highest BCUT2D eigenvalue weighted by molar-refractivity contribution is 7.91. The van der Waals surface area contributed by atoms with Gasteiger partial charge in [-0.25, -0.2) is 8.42 Å². The van der Waals surface area contributed by atoms with Gasteiger partial charge in [0.15, 0.2) is 0 Å². The Labute approximate surface area is 176 Å². The second kappa shape index (κ2) is 7.84. The first-order valence-corrected chi connectivity index (χ1v) is 11.5. The Kier molecular flexibility index (Phi) is 5.40. The summed E-state index contributed by atoms with van der Waals surface area (Å²) in [6.07, 6.45) is 3.64. The zero-order valence-electron chi connectivity index (χ0n) is 16.4. The number of anilines is 1. The van der Waals surface area contributed by atoms with Crippen LogP contribution >= 0.6 is 11.6 Å². The van der Waals surface area contributed by atoms with Crippen molar-refractivity contribution in [3.63, 3.8) is 0 Å². The summed E-state index contributed by atoms with van der Waals surface area (Å²) >= 11 is 5.96. The van der Waals surface area contributed by atoms with Gasteiger partial charge >= 0.3 is 0 Å². The molecule has 5 nitrogen and oxygen atoms in total. The summed E-state index contributed by atoms with van der Waals surface area (Å²) < 4.78 is 32.5. The first kappa shape index (κ1) is 20.0. The fourth-order valence-corrected chi connectivity index (χ4v) is 5.48. The molecule has 7 heteroatoms. The van der Waals surface area contributed by atoms with Crippen LogP contribution in [0.25, 0.3) is 10.9 Å². The van der Waals surface area contributed by atoms with Crippen LogP contribution < -0.4 is 9.64 Å². The van der Waals surface area contributed by atoms with Gasteiger partial charge < -0.3 is 9.64 Å². The standard InChI is InChI=1S/C22H23ClN2O3S/c1-15-4-3-11-25(14-15)22-19-12-17(28-2)7-10-20(19)24-13-21(22)29(26,27)18-8-5-16(23)6-9-18/h5-10,12-13,15H,3-4,11,14H2,1-2H3. The van der Waals surface area contributed by atoms with Crippen LogP contribution in [0.5, 0.6) is 5.75 Å². The predicted octanol–water partition coefficient (Wildman–Crippen LogP) is 4.97. The van der Waals surface area contributed by atoms with Gasteiger partial charge in [-0.1, -0.05) is 18.5 Å². The van der Waals surface area contributed by atoms with Crippen molar-refractivity contribution in [3.05, 3.63) is 53.7 Å². The number of halogens is 1. The average Bonchev–Trinajstić information content (AvgIpc) is 2.72. The van der Waals surface area contributed by atoms with Gasteiger partial charge in [-0.05, 0) is 61.2 Å². The molecule has 1 aliphatic heterocycles. The molecule has 1 atom stereocenters. The van der Waals surface area contributed by atoms with E-state index in [4.69, 9.17) is 16.3 Å². The molecule has 1 fully saturated rings. The van der Waals surface area contributed by atoms with Gasteiger partial charge in [0.05, 0.1) is 23.2 Å². The summed E-state index contributed by atoms with van der Waals surface area (Å²) in [4.78, 5) is 7.06. The maximum atomic E-state index is 13.5. The van der Waals surface area contributed by atoms with Crippen molar-refractivity contribution in [2.45, 2.75) is 29.6 Å². The molecular formula is C22H23ClN2O3S. The number of nitrogens with zero attached hydrogens (tertiary/aromatic N) is 2. The van der Waals surface area contributed by atoms with Gasteiger partial charge in [0, 0.05) is 29.7 Å². The molecule has 1 saturated heterocycles. The minimum atomic E-state index is -3.77. The summed E-state index contributed by atoms with van der Waals surface area (Å²) in [5.74, 6) is 1.16. The Morgan fingerprint density at radius 3 is 2.62 bits per heavy atom. The molecule has 1 aliphatic rings. The van der Waals surface area contributed by atoms with Crippen molar-refractivity contribution in [1.29, 1.82) is 0 Å². The molecule has 29 heavy (non-hydrogen) atoms. The third-order valence-electron chi connectivity index (χ3n) is 5.40. The number of ether oxygens (including phenoxy) is 1. The molecule has 0 radical (unpaired) electrons. The van der Waals surface area contributed by atoms with Crippen LogP contribution in [-0.2, 0) is 9.84 Å². The van der Waals surface area contributed by atoms with E-state index >= 15 is 0 Å². The lowest BCUT2D eigenvalue weighted by molar-refractivity contribution is 0.415. The van der Waals surface area contributed by atoms with E-state index in [9.17, 15) is 8.42 Å². The fraction of sp³-hybridized carbons (Fsp3) is 0.318. The number of pyridine rings is 1. The largest absolute Gasteiger partial charge is 0.497 e. The van der Waals surface area contributed by atoms with E-state index in [2.05, 4.69) is 16.8 Å². The van der Waals surface area contributed by atoms with Gasteiger partial charge in [-0.3, -0.25) is 4.98 Å². The highest BCUT2D eigenvalue weighted by Gasteiger charge is 2.29. The Balaban J connectivity index is 1.97. The van der Waals surface area contributed by atoms with Gasteiger partial charge in [0.2, 0.25) is 9.84 Å². The second-order valence-corrected chi connectivity index (χ2v) is 9.86. The zero-order valence-corrected chi connectivity index (χ0v) is 18.0. The fourth-order valence-electron chi connectivity index (χ4n) is 3.92. The molecule has 2 aromatic carbocycles. The summed E-state index contributed by atoms with van der Waals surface area (Å²) in [7, 11) is -2.17. The number of aromatic nitrogens is 1. The number of benzene rings is 2. The summed E-state index contributed by atoms with van der Waals surface area (Å²) in [5, 5.41) is 1.28. The Bertz CT molecular complexity index is 1150. The lowest BCUT2D eigenvalue weighted by atomic mass is 9.99. The smallest absolute Gasteiger partial charge is 0.210 e. The van der Waals surface area contributed by atoms with Crippen molar-refractivity contribution in [3.8, 4) is 5.75 Å². The zero-order chi connectivity index (χ0) is 20.6.